The third-order valence-electron chi connectivity index (χ3n) is 2.28. The Hall–Kier alpha value is -0.790. The van der Waals surface area contributed by atoms with Crippen molar-refractivity contribution < 1.29 is 9.53 Å². The van der Waals surface area contributed by atoms with E-state index < -0.39 is 0 Å². The lowest BCUT2D eigenvalue weighted by molar-refractivity contribution is -0.114. The van der Waals surface area contributed by atoms with E-state index in [4.69, 9.17) is 4.74 Å². The van der Waals surface area contributed by atoms with Gasteiger partial charge in [-0.1, -0.05) is 6.92 Å². The molecule has 2 nitrogen and oxygen atoms in total. The van der Waals surface area contributed by atoms with E-state index in [1.807, 2.05) is 20.8 Å². The second kappa shape index (κ2) is 2.68. The molecular weight excluding hydrogens is 140 g/mol. The van der Waals surface area contributed by atoms with Gasteiger partial charge in [-0.05, 0) is 20.8 Å². The molecule has 0 N–H and O–H groups in total. The van der Waals surface area contributed by atoms with Crippen LogP contribution in [-0.4, -0.2) is 11.9 Å². The molecule has 0 unspecified atom stereocenters. The summed E-state index contributed by atoms with van der Waals surface area (Å²) in [5.74, 6) is 1.20. The molecule has 62 valence electrons. The Labute approximate surface area is 67.2 Å². The minimum absolute atomic E-state index is 0.138. The van der Waals surface area contributed by atoms with Gasteiger partial charge in [-0.2, -0.15) is 0 Å². The Morgan fingerprint density at radius 3 is 2.18 bits per heavy atom. The maximum atomic E-state index is 11.1. The first-order chi connectivity index (χ1) is 5.04. The van der Waals surface area contributed by atoms with Crippen LogP contribution >= 0.6 is 0 Å². The minimum Gasteiger partial charge on any atom is -0.494 e. The Morgan fingerprint density at radius 1 is 1.45 bits per heavy atom. The van der Waals surface area contributed by atoms with Crippen molar-refractivity contribution in [2.24, 2.45) is 5.92 Å². The highest BCUT2D eigenvalue weighted by molar-refractivity contribution is 5.94. The van der Waals surface area contributed by atoms with Crippen molar-refractivity contribution in [1.29, 1.82) is 0 Å². The second-order valence-corrected chi connectivity index (χ2v) is 3.14. The molecule has 2 heteroatoms. The van der Waals surface area contributed by atoms with Crippen LogP contribution in [0.25, 0.3) is 0 Å². The standard InChI is InChI=1S/C9H14O2/c1-5-7(3)11-8(4)9(5)6(2)10/h5,7H,1-4H3/t5-,7-/m0/s1. The smallest absolute Gasteiger partial charge is 0.159 e. The number of ether oxygens (including phenoxy) is 1. The lowest BCUT2D eigenvalue weighted by Gasteiger charge is -2.09. The molecule has 0 aromatic rings. The van der Waals surface area contributed by atoms with Crippen LogP contribution in [0.1, 0.15) is 27.7 Å². The van der Waals surface area contributed by atoms with Gasteiger partial charge >= 0.3 is 0 Å². The van der Waals surface area contributed by atoms with Crippen LogP contribution in [0.2, 0.25) is 0 Å². The monoisotopic (exact) mass is 154 g/mol. The molecule has 0 amide bonds. The van der Waals surface area contributed by atoms with Gasteiger partial charge < -0.3 is 4.74 Å². The van der Waals surface area contributed by atoms with Crippen LogP contribution in [0, 0.1) is 5.92 Å². The average molecular weight is 154 g/mol. The number of ketones is 1. The predicted octanol–water partition coefficient (Wildman–Crippen LogP) is 1.90. The third-order valence-corrected chi connectivity index (χ3v) is 2.28. The molecule has 0 saturated carbocycles. The van der Waals surface area contributed by atoms with Gasteiger partial charge in [0, 0.05) is 11.5 Å². The second-order valence-electron chi connectivity index (χ2n) is 3.14. The Balaban J connectivity index is 2.91. The van der Waals surface area contributed by atoms with E-state index in [0.29, 0.717) is 0 Å². The molecule has 1 rings (SSSR count). The normalized spacial score (nSPS) is 30.5. The third kappa shape index (κ3) is 1.30. The molecule has 1 aliphatic rings. The first-order valence-corrected chi connectivity index (χ1v) is 3.92. The first kappa shape index (κ1) is 8.31. The molecule has 0 spiro atoms. The zero-order chi connectivity index (χ0) is 8.59. The quantitative estimate of drug-likeness (QED) is 0.576. The maximum absolute atomic E-state index is 11.1. The van der Waals surface area contributed by atoms with Gasteiger partial charge in [0.05, 0.1) is 0 Å². The number of allylic oxidation sites excluding steroid dienone is 1. The number of carbonyl (C=O) groups is 1. The molecule has 0 fully saturated rings. The fraction of sp³-hybridized carbons (Fsp3) is 0.667. The van der Waals surface area contributed by atoms with Gasteiger partial charge in [0.2, 0.25) is 0 Å². The molecule has 0 aromatic carbocycles. The SMILES string of the molecule is CC(=O)C1=C(C)O[C@@H](C)[C@@H]1C. The Kier molecular flexibility index (Phi) is 2.03. The van der Waals surface area contributed by atoms with Gasteiger partial charge in [-0.3, -0.25) is 4.79 Å². The molecular formula is C9H14O2. The molecule has 0 bridgehead atoms. The molecule has 1 heterocycles. The van der Waals surface area contributed by atoms with Crippen LogP contribution in [0.5, 0.6) is 0 Å². The van der Waals surface area contributed by atoms with E-state index in [1.54, 1.807) is 6.92 Å². The predicted molar refractivity (Wildman–Crippen MR) is 43.1 cm³/mol. The van der Waals surface area contributed by atoms with Crippen molar-refractivity contribution in [3.8, 4) is 0 Å². The summed E-state index contributed by atoms with van der Waals surface area (Å²) in [6.07, 6.45) is 0.161. The molecule has 0 radical (unpaired) electrons. The van der Waals surface area contributed by atoms with Crippen molar-refractivity contribution in [2.45, 2.75) is 33.8 Å². The van der Waals surface area contributed by atoms with Gasteiger partial charge in [0.15, 0.2) is 5.78 Å². The number of carbonyl (C=O) groups excluding carboxylic acids is 1. The van der Waals surface area contributed by atoms with E-state index in [2.05, 4.69) is 0 Å². The average Bonchev–Trinajstić information content (AvgIpc) is 2.07. The van der Waals surface area contributed by atoms with Crippen LogP contribution in [0.15, 0.2) is 11.3 Å². The lowest BCUT2D eigenvalue weighted by atomic mass is 9.95. The van der Waals surface area contributed by atoms with E-state index in [1.165, 1.54) is 0 Å². The van der Waals surface area contributed by atoms with Gasteiger partial charge in [0.25, 0.3) is 0 Å². The summed E-state index contributed by atoms with van der Waals surface area (Å²) in [6, 6.07) is 0. The number of hydrogen-bond donors (Lipinski definition) is 0. The molecule has 0 aromatic heterocycles. The van der Waals surface area contributed by atoms with Crippen molar-refractivity contribution in [3.05, 3.63) is 11.3 Å². The van der Waals surface area contributed by atoms with Crippen molar-refractivity contribution in [3.63, 3.8) is 0 Å². The summed E-state index contributed by atoms with van der Waals surface area (Å²) in [5.41, 5.74) is 0.859. The highest BCUT2D eigenvalue weighted by Crippen LogP contribution is 2.30. The molecule has 0 aliphatic carbocycles. The first-order valence-electron chi connectivity index (χ1n) is 3.92. The van der Waals surface area contributed by atoms with Gasteiger partial charge in [-0.15, -0.1) is 0 Å². The van der Waals surface area contributed by atoms with Crippen molar-refractivity contribution in [1.82, 2.24) is 0 Å². The summed E-state index contributed by atoms with van der Waals surface area (Å²) in [4.78, 5) is 11.1. The zero-order valence-corrected chi connectivity index (χ0v) is 7.47. The molecule has 0 saturated heterocycles. The molecule has 2 atom stereocenters. The maximum Gasteiger partial charge on any atom is 0.159 e. The van der Waals surface area contributed by atoms with Gasteiger partial charge in [-0.25, -0.2) is 0 Å². The molecule has 1 aliphatic heterocycles. The van der Waals surface area contributed by atoms with Crippen LogP contribution in [0.3, 0.4) is 0 Å². The lowest BCUT2D eigenvalue weighted by Crippen LogP contribution is -2.13. The fourth-order valence-corrected chi connectivity index (χ4v) is 1.57. The largest absolute Gasteiger partial charge is 0.494 e. The van der Waals surface area contributed by atoms with Crippen LogP contribution in [0.4, 0.5) is 0 Å². The van der Waals surface area contributed by atoms with Crippen molar-refractivity contribution >= 4 is 5.78 Å². The summed E-state index contributed by atoms with van der Waals surface area (Å²) < 4.78 is 5.41. The van der Waals surface area contributed by atoms with E-state index >= 15 is 0 Å². The summed E-state index contributed by atoms with van der Waals surface area (Å²) in [5, 5.41) is 0. The zero-order valence-electron chi connectivity index (χ0n) is 7.47. The van der Waals surface area contributed by atoms with Crippen LogP contribution in [-0.2, 0) is 9.53 Å². The van der Waals surface area contributed by atoms with Gasteiger partial charge in [0.1, 0.15) is 11.9 Å². The number of Topliss-reactive ketones (excluding diaryl/α,β-unsaturated/α-hetero) is 1. The summed E-state index contributed by atoms with van der Waals surface area (Å²) >= 11 is 0. The topological polar surface area (TPSA) is 26.3 Å². The Morgan fingerprint density at radius 2 is 2.00 bits per heavy atom. The fourth-order valence-electron chi connectivity index (χ4n) is 1.57. The van der Waals surface area contributed by atoms with E-state index in [9.17, 15) is 4.79 Å². The number of hydrogen-bond acceptors (Lipinski definition) is 2. The highest BCUT2D eigenvalue weighted by atomic mass is 16.5. The van der Waals surface area contributed by atoms with Crippen molar-refractivity contribution in [2.75, 3.05) is 0 Å². The Bertz CT molecular complexity index is 216. The summed E-state index contributed by atoms with van der Waals surface area (Å²) in [7, 11) is 0. The molecule has 11 heavy (non-hydrogen) atoms. The highest BCUT2D eigenvalue weighted by Gasteiger charge is 2.30. The number of rotatable bonds is 1. The van der Waals surface area contributed by atoms with E-state index in [-0.39, 0.29) is 17.8 Å². The van der Waals surface area contributed by atoms with E-state index in [0.717, 1.165) is 11.3 Å². The minimum atomic E-state index is 0.138. The van der Waals surface area contributed by atoms with Crippen LogP contribution < -0.4 is 0 Å². The summed E-state index contributed by atoms with van der Waals surface area (Å²) in [6.45, 7) is 7.47.